The van der Waals surface area contributed by atoms with Gasteiger partial charge in [-0.05, 0) is 48.4 Å². The van der Waals surface area contributed by atoms with Crippen molar-refractivity contribution in [1.82, 2.24) is 19.4 Å². The smallest absolute Gasteiger partial charge is 0.141 e. The molecule has 27 heavy (non-hydrogen) atoms. The number of piperidine rings is 1. The molecule has 5 heteroatoms. The number of fused-ring (bicyclic) bond motifs is 2. The van der Waals surface area contributed by atoms with Crippen LogP contribution in [0, 0.1) is 0 Å². The van der Waals surface area contributed by atoms with Crippen molar-refractivity contribution in [2.45, 2.75) is 32.2 Å². The van der Waals surface area contributed by atoms with Crippen LogP contribution in [0.5, 0.6) is 0 Å². The van der Waals surface area contributed by atoms with E-state index in [0.717, 1.165) is 51.9 Å². The van der Waals surface area contributed by atoms with Gasteiger partial charge in [-0.15, -0.1) is 11.3 Å². The van der Waals surface area contributed by atoms with E-state index in [1.807, 2.05) is 29.8 Å². The third-order valence-corrected chi connectivity index (χ3v) is 6.73. The van der Waals surface area contributed by atoms with Crippen molar-refractivity contribution in [2.24, 2.45) is 0 Å². The zero-order valence-electron chi connectivity index (χ0n) is 15.5. The van der Waals surface area contributed by atoms with Gasteiger partial charge in [-0.2, -0.15) is 0 Å². The normalized spacial score (nSPS) is 17.5. The van der Waals surface area contributed by atoms with Crippen LogP contribution >= 0.6 is 11.3 Å². The summed E-state index contributed by atoms with van der Waals surface area (Å²) in [5.41, 5.74) is 5.69. The highest BCUT2D eigenvalue weighted by Crippen LogP contribution is 2.38. The number of pyridine rings is 1. The third-order valence-electron chi connectivity index (χ3n) is 5.76. The summed E-state index contributed by atoms with van der Waals surface area (Å²) >= 11 is 1.88. The molecule has 0 unspecified atom stereocenters. The first kappa shape index (κ1) is 16.9. The van der Waals surface area contributed by atoms with Gasteiger partial charge in [0, 0.05) is 67.3 Å². The van der Waals surface area contributed by atoms with E-state index in [4.69, 9.17) is 4.98 Å². The van der Waals surface area contributed by atoms with Crippen LogP contribution in [0.4, 0.5) is 0 Å². The molecule has 0 atom stereocenters. The maximum atomic E-state index is 4.74. The van der Waals surface area contributed by atoms with Crippen LogP contribution in [0.1, 0.15) is 34.8 Å². The number of hydrogen-bond acceptors (Lipinski definition) is 4. The molecule has 3 aromatic rings. The highest BCUT2D eigenvalue weighted by Gasteiger charge is 2.25. The molecule has 5 rings (SSSR count). The van der Waals surface area contributed by atoms with Gasteiger partial charge in [0.05, 0.1) is 0 Å². The van der Waals surface area contributed by atoms with E-state index in [2.05, 4.69) is 44.2 Å². The largest absolute Gasteiger partial charge is 0.331 e. The Labute approximate surface area is 164 Å². The fourth-order valence-corrected chi connectivity index (χ4v) is 5.29. The fraction of sp³-hybridized carbons (Fsp3) is 0.364. The van der Waals surface area contributed by atoms with Crippen LogP contribution < -0.4 is 0 Å². The van der Waals surface area contributed by atoms with Crippen molar-refractivity contribution in [2.75, 3.05) is 19.6 Å². The molecular formula is C22H24N4S. The number of nitrogens with zero attached hydrogens (tertiary/aromatic N) is 4. The number of aryl methyl sites for hydroxylation is 2. The van der Waals surface area contributed by atoms with Crippen LogP contribution in [0.2, 0.25) is 0 Å². The average Bonchev–Trinajstić information content (AvgIpc) is 3.35. The minimum Gasteiger partial charge on any atom is -0.331 e. The zero-order valence-corrected chi connectivity index (χ0v) is 16.3. The number of rotatable bonds is 3. The number of imidazole rings is 1. The van der Waals surface area contributed by atoms with Crippen LogP contribution in [-0.4, -0.2) is 39.1 Å². The molecule has 0 radical (unpaired) electrons. The topological polar surface area (TPSA) is 34.0 Å². The number of likely N-dealkylation sites (tertiary alicyclic amines) is 1. The molecule has 0 N–H and O–H groups in total. The molecule has 0 saturated carbocycles. The van der Waals surface area contributed by atoms with E-state index in [-0.39, 0.29) is 0 Å². The van der Waals surface area contributed by atoms with Gasteiger partial charge in [0.15, 0.2) is 0 Å². The summed E-state index contributed by atoms with van der Waals surface area (Å²) < 4.78 is 2.34. The predicted octanol–water partition coefficient (Wildman–Crippen LogP) is 4.04. The maximum absolute atomic E-state index is 4.74. The Kier molecular flexibility index (Phi) is 4.64. The zero-order chi connectivity index (χ0) is 18.1. The molecule has 5 heterocycles. The lowest BCUT2D eigenvalue weighted by atomic mass is 9.95. The van der Waals surface area contributed by atoms with E-state index in [1.165, 1.54) is 27.5 Å². The van der Waals surface area contributed by atoms with Crippen molar-refractivity contribution in [3.05, 3.63) is 75.8 Å². The molecule has 2 aliphatic rings. The first-order chi connectivity index (χ1) is 13.4. The predicted molar refractivity (Wildman–Crippen MR) is 110 cm³/mol. The van der Waals surface area contributed by atoms with Gasteiger partial charge in [-0.25, -0.2) is 4.98 Å². The molecular weight excluding hydrogens is 352 g/mol. The summed E-state index contributed by atoms with van der Waals surface area (Å²) in [6, 6.07) is 8.49. The Morgan fingerprint density at radius 1 is 0.963 bits per heavy atom. The Morgan fingerprint density at radius 3 is 2.74 bits per heavy atom. The summed E-state index contributed by atoms with van der Waals surface area (Å²) in [4.78, 5) is 13.2. The average molecular weight is 377 g/mol. The van der Waals surface area contributed by atoms with E-state index < -0.39 is 0 Å². The lowest BCUT2D eigenvalue weighted by Crippen LogP contribution is -2.33. The quantitative estimate of drug-likeness (QED) is 0.692. The van der Waals surface area contributed by atoms with Gasteiger partial charge >= 0.3 is 0 Å². The first-order valence-corrected chi connectivity index (χ1v) is 10.7. The van der Waals surface area contributed by atoms with Crippen molar-refractivity contribution >= 4 is 16.9 Å². The Hall–Kier alpha value is -2.24. The maximum Gasteiger partial charge on any atom is 0.141 e. The molecule has 0 amide bonds. The van der Waals surface area contributed by atoms with Gasteiger partial charge in [0.25, 0.3) is 0 Å². The van der Waals surface area contributed by atoms with Crippen LogP contribution in [-0.2, 0) is 19.4 Å². The van der Waals surface area contributed by atoms with Crippen molar-refractivity contribution in [3.8, 4) is 0 Å². The number of hydrogen-bond donors (Lipinski definition) is 0. The molecule has 1 saturated heterocycles. The van der Waals surface area contributed by atoms with Crippen molar-refractivity contribution in [1.29, 1.82) is 0 Å². The van der Waals surface area contributed by atoms with Crippen molar-refractivity contribution < 1.29 is 0 Å². The Morgan fingerprint density at radius 2 is 1.89 bits per heavy atom. The lowest BCUT2D eigenvalue weighted by molar-refractivity contribution is 0.259. The molecule has 0 bridgehead atoms. The van der Waals surface area contributed by atoms with Gasteiger partial charge < -0.3 is 9.47 Å². The second-order valence-electron chi connectivity index (χ2n) is 7.36. The Balaban J connectivity index is 1.35. The summed E-state index contributed by atoms with van der Waals surface area (Å²) in [6.45, 7) is 4.39. The van der Waals surface area contributed by atoms with Gasteiger partial charge in [-0.3, -0.25) is 4.98 Å². The Bertz CT molecular complexity index is 899. The van der Waals surface area contributed by atoms with E-state index in [9.17, 15) is 0 Å². The molecule has 3 aromatic heterocycles. The summed E-state index contributed by atoms with van der Waals surface area (Å²) in [5, 5.41) is 2.24. The molecule has 0 spiro atoms. The number of thiophene rings is 1. The summed E-state index contributed by atoms with van der Waals surface area (Å²) in [7, 11) is 0. The van der Waals surface area contributed by atoms with Crippen molar-refractivity contribution in [3.63, 3.8) is 0 Å². The van der Waals surface area contributed by atoms with E-state index in [0.29, 0.717) is 0 Å². The monoisotopic (exact) mass is 376 g/mol. The van der Waals surface area contributed by atoms with Gasteiger partial charge in [0.1, 0.15) is 5.82 Å². The SMILES string of the molecule is c1ccc(CCN2CCC(=C3c4sccc4CCn4ccnc43)CC2)nc1. The molecule has 0 aliphatic carbocycles. The van der Waals surface area contributed by atoms with Crippen LogP contribution in [0.3, 0.4) is 0 Å². The summed E-state index contributed by atoms with van der Waals surface area (Å²) in [5.74, 6) is 1.17. The van der Waals surface area contributed by atoms with Gasteiger partial charge in [-0.1, -0.05) is 11.6 Å². The second kappa shape index (κ2) is 7.41. The highest BCUT2D eigenvalue weighted by atomic mass is 32.1. The third kappa shape index (κ3) is 3.37. The molecule has 138 valence electrons. The summed E-state index contributed by atoms with van der Waals surface area (Å²) in [6.07, 6.45) is 10.4. The second-order valence-corrected chi connectivity index (χ2v) is 8.28. The fourth-order valence-electron chi connectivity index (χ4n) is 4.25. The molecule has 0 aromatic carbocycles. The molecule has 1 fully saturated rings. The number of aromatic nitrogens is 3. The van der Waals surface area contributed by atoms with E-state index >= 15 is 0 Å². The van der Waals surface area contributed by atoms with Crippen LogP contribution in [0.15, 0.2) is 53.8 Å². The minimum atomic E-state index is 1.03. The lowest BCUT2D eigenvalue weighted by Gasteiger charge is -2.29. The van der Waals surface area contributed by atoms with E-state index in [1.54, 1.807) is 5.57 Å². The first-order valence-electron chi connectivity index (χ1n) is 9.81. The molecule has 2 aliphatic heterocycles. The minimum absolute atomic E-state index is 1.03. The highest BCUT2D eigenvalue weighted by molar-refractivity contribution is 7.11. The molecule has 4 nitrogen and oxygen atoms in total. The van der Waals surface area contributed by atoms with Gasteiger partial charge in [0.2, 0.25) is 0 Å². The van der Waals surface area contributed by atoms with Crippen LogP contribution in [0.25, 0.3) is 5.57 Å². The standard InChI is InChI=1S/C22H24N4S/c1-2-9-23-19(3-1)7-13-25-11-4-17(5-12-25)20-21-18(8-16-27-21)6-14-26-15-10-24-22(20)26/h1-3,8-10,15-16H,4-7,11-14H2.